The van der Waals surface area contributed by atoms with E-state index in [1.54, 1.807) is 12.1 Å². The fourth-order valence-corrected chi connectivity index (χ4v) is 4.67. The maximum Gasteiger partial charge on any atom is 0.247 e. The number of benzene rings is 3. The van der Waals surface area contributed by atoms with Crippen molar-refractivity contribution in [1.82, 2.24) is 19.8 Å². The van der Waals surface area contributed by atoms with Crippen molar-refractivity contribution in [3.63, 3.8) is 0 Å². The average Bonchev–Trinajstić information content (AvgIpc) is 3.24. The molecule has 1 N–H and O–H groups in total. The zero-order valence-electron chi connectivity index (χ0n) is 18.8. The van der Waals surface area contributed by atoms with Crippen LogP contribution in [0.25, 0.3) is 11.0 Å². The van der Waals surface area contributed by atoms with Gasteiger partial charge in [0.15, 0.2) is 0 Å². The highest BCUT2D eigenvalue weighted by Gasteiger charge is 2.40. The molecule has 2 amide bonds. The Morgan fingerprint density at radius 3 is 2.44 bits per heavy atom. The second-order valence-electron chi connectivity index (χ2n) is 8.58. The molecule has 3 aromatic carbocycles. The molecule has 0 spiro atoms. The summed E-state index contributed by atoms with van der Waals surface area (Å²) in [6.07, 6.45) is 0.0395. The lowest BCUT2D eigenvalue weighted by Crippen LogP contribution is -2.46. The Kier molecular flexibility index (Phi) is 6.07. The predicted molar refractivity (Wildman–Crippen MR) is 132 cm³/mol. The Balaban J connectivity index is 1.44. The van der Waals surface area contributed by atoms with Gasteiger partial charge in [0.2, 0.25) is 11.8 Å². The van der Waals surface area contributed by atoms with Crippen molar-refractivity contribution in [1.29, 1.82) is 0 Å². The number of para-hydroxylation sites is 2. The van der Waals surface area contributed by atoms with Gasteiger partial charge in [-0.1, -0.05) is 66.2 Å². The molecule has 1 aromatic heterocycles. The molecular formula is C27H25ClN4O2. The third kappa shape index (κ3) is 4.29. The average molecular weight is 473 g/mol. The summed E-state index contributed by atoms with van der Waals surface area (Å²) in [6, 6.07) is 24.1. The highest BCUT2D eigenvalue weighted by Crippen LogP contribution is 2.37. The number of hydrogen-bond acceptors (Lipinski definition) is 3. The van der Waals surface area contributed by atoms with Gasteiger partial charge in [0.25, 0.3) is 0 Å². The molecular weight excluding hydrogens is 448 g/mol. The van der Waals surface area contributed by atoms with Gasteiger partial charge >= 0.3 is 0 Å². The number of imidazole rings is 1. The number of aromatic nitrogens is 2. The molecule has 2 atom stereocenters. The van der Waals surface area contributed by atoms with Crippen molar-refractivity contribution < 1.29 is 9.59 Å². The van der Waals surface area contributed by atoms with E-state index in [9.17, 15) is 9.59 Å². The molecule has 0 radical (unpaired) electrons. The van der Waals surface area contributed by atoms with E-state index in [2.05, 4.69) is 5.32 Å². The molecule has 0 bridgehead atoms. The third-order valence-electron chi connectivity index (χ3n) is 6.32. The van der Waals surface area contributed by atoms with Crippen molar-refractivity contribution in [3.8, 4) is 0 Å². The lowest BCUT2D eigenvalue weighted by atomic mass is 10.0. The van der Waals surface area contributed by atoms with Crippen LogP contribution >= 0.6 is 11.6 Å². The van der Waals surface area contributed by atoms with Crippen LogP contribution in [0.5, 0.6) is 0 Å². The number of carbonyl (C=O) groups excluding carboxylic acids is 2. The summed E-state index contributed by atoms with van der Waals surface area (Å²) in [5, 5.41) is 3.59. The summed E-state index contributed by atoms with van der Waals surface area (Å²) in [6.45, 7) is 2.83. The number of rotatable bonds is 6. The first kappa shape index (κ1) is 22.2. The molecule has 172 valence electrons. The van der Waals surface area contributed by atoms with Gasteiger partial charge in [-0.05, 0) is 42.3 Å². The van der Waals surface area contributed by atoms with Gasteiger partial charge in [0, 0.05) is 18.1 Å². The van der Waals surface area contributed by atoms with Crippen LogP contribution in [0.2, 0.25) is 5.02 Å². The van der Waals surface area contributed by atoms with Crippen LogP contribution in [0.3, 0.4) is 0 Å². The lowest BCUT2D eigenvalue weighted by molar-refractivity contribution is -0.142. The van der Waals surface area contributed by atoms with Gasteiger partial charge in [-0.15, -0.1) is 0 Å². The van der Waals surface area contributed by atoms with Crippen molar-refractivity contribution in [2.24, 2.45) is 0 Å². The van der Waals surface area contributed by atoms with Gasteiger partial charge in [0.05, 0.1) is 23.5 Å². The van der Waals surface area contributed by atoms with Gasteiger partial charge < -0.3 is 14.8 Å². The first-order chi connectivity index (χ1) is 16.5. The van der Waals surface area contributed by atoms with Crippen LogP contribution in [0.4, 0.5) is 0 Å². The number of halogens is 1. The van der Waals surface area contributed by atoms with Crippen molar-refractivity contribution in [2.45, 2.75) is 38.5 Å². The van der Waals surface area contributed by atoms with Crippen LogP contribution in [-0.2, 0) is 22.7 Å². The number of nitrogens with zero attached hydrogens (tertiary/aromatic N) is 3. The van der Waals surface area contributed by atoms with E-state index in [0.29, 0.717) is 18.1 Å². The SMILES string of the molecule is C[C@H]1c2nc3ccccc3n2[C@@H](CC(=O)NCc2ccc(Cl)cc2)C(=O)N1Cc1ccccc1. The van der Waals surface area contributed by atoms with Crippen molar-refractivity contribution >= 4 is 34.4 Å². The second-order valence-corrected chi connectivity index (χ2v) is 9.02. The monoisotopic (exact) mass is 472 g/mol. The van der Waals surface area contributed by atoms with Crippen LogP contribution < -0.4 is 5.32 Å². The minimum atomic E-state index is -0.660. The quantitative estimate of drug-likeness (QED) is 0.427. The second kappa shape index (κ2) is 9.31. The van der Waals surface area contributed by atoms with E-state index >= 15 is 0 Å². The highest BCUT2D eigenvalue weighted by molar-refractivity contribution is 6.30. The van der Waals surface area contributed by atoms with Crippen molar-refractivity contribution in [2.75, 3.05) is 0 Å². The summed E-state index contributed by atoms with van der Waals surface area (Å²) in [5.41, 5.74) is 3.68. The van der Waals surface area contributed by atoms with Crippen LogP contribution in [-0.4, -0.2) is 26.3 Å². The normalized spacial score (nSPS) is 17.6. The maximum absolute atomic E-state index is 13.8. The Morgan fingerprint density at radius 2 is 1.68 bits per heavy atom. The maximum atomic E-state index is 13.8. The molecule has 0 saturated carbocycles. The zero-order chi connectivity index (χ0) is 23.7. The van der Waals surface area contributed by atoms with E-state index in [-0.39, 0.29) is 24.3 Å². The van der Waals surface area contributed by atoms with Crippen LogP contribution in [0, 0.1) is 0 Å². The fraction of sp³-hybridized carbons (Fsp3) is 0.222. The standard InChI is InChI=1S/C27H25ClN4O2/c1-18-26-30-22-9-5-6-10-23(22)32(26)24(27(34)31(18)17-20-7-3-2-4-8-20)15-25(33)29-16-19-11-13-21(28)14-12-19/h2-14,18,24H,15-17H2,1H3,(H,29,33)/t18-,24-/m0/s1. The largest absolute Gasteiger partial charge is 0.352 e. The molecule has 0 fully saturated rings. The molecule has 6 nitrogen and oxygen atoms in total. The van der Waals surface area contributed by atoms with E-state index in [1.165, 1.54) is 0 Å². The summed E-state index contributed by atoms with van der Waals surface area (Å²) in [5.74, 6) is 0.534. The molecule has 5 rings (SSSR count). The Hall–Kier alpha value is -3.64. The van der Waals surface area contributed by atoms with Gasteiger partial charge in [-0.25, -0.2) is 4.98 Å². The summed E-state index contributed by atoms with van der Waals surface area (Å²) in [7, 11) is 0. The minimum absolute atomic E-state index is 0.0395. The summed E-state index contributed by atoms with van der Waals surface area (Å²) in [4.78, 5) is 33.4. The fourth-order valence-electron chi connectivity index (χ4n) is 4.54. The third-order valence-corrected chi connectivity index (χ3v) is 6.57. The molecule has 0 aliphatic carbocycles. The van der Waals surface area contributed by atoms with E-state index in [1.807, 2.05) is 83.1 Å². The smallest absolute Gasteiger partial charge is 0.247 e. The van der Waals surface area contributed by atoms with Crippen LogP contribution in [0.15, 0.2) is 78.9 Å². The number of fused-ring (bicyclic) bond motifs is 3. The molecule has 34 heavy (non-hydrogen) atoms. The number of hydrogen-bond donors (Lipinski definition) is 1. The number of amides is 2. The molecule has 1 aliphatic rings. The van der Waals surface area contributed by atoms with Gasteiger partial charge in [0.1, 0.15) is 11.9 Å². The topological polar surface area (TPSA) is 67.2 Å². The first-order valence-corrected chi connectivity index (χ1v) is 11.7. The Morgan fingerprint density at radius 1 is 0.971 bits per heavy atom. The van der Waals surface area contributed by atoms with Crippen molar-refractivity contribution in [3.05, 3.63) is 101 Å². The number of nitrogens with one attached hydrogen (secondary N) is 1. The highest BCUT2D eigenvalue weighted by atomic mass is 35.5. The van der Waals surface area contributed by atoms with E-state index in [0.717, 1.165) is 28.0 Å². The lowest BCUT2D eigenvalue weighted by Gasteiger charge is -2.38. The summed E-state index contributed by atoms with van der Waals surface area (Å²) < 4.78 is 1.95. The Labute approximate surface area is 203 Å². The van der Waals surface area contributed by atoms with Gasteiger partial charge in [-0.3, -0.25) is 9.59 Å². The van der Waals surface area contributed by atoms with E-state index < -0.39 is 6.04 Å². The molecule has 2 heterocycles. The molecule has 7 heteroatoms. The minimum Gasteiger partial charge on any atom is -0.352 e. The molecule has 4 aromatic rings. The summed E-state index contributed by atoms with van der Waals surface area (Å²) >= 11 is 5.95. The number of carbonyl (C=O) groups is 2. The molecule has 0 unspecified atom stereocenters. The predicted octanol–water partition coefficient (Wildman–Crippen LogP) is 5.04. The Bertz CT molecular complexity index is 1330. The van der Waals surface area contributed by atoms with Crippen LogP contribution in [0.1, 0.15) is 42.4 Å². The molecule has 1 aliphatic heterocycles. The first-order valence-electron chi connectivity index (χ1n) is 11.3. The zero-order valence-corrected chi connectivity index (χ0v) is 19.6. The molecule has 0 saturated heterocycles. The van der Waals surface area contributed by atoms with E-state index in [4.69, 9.17) is 16.6 Å². The van der Waals surface area contributed by atoms with Gasteiger partial charge in [-0.2, -0.15) is 0 Å².